The summed E-state index contributed by atoms with van der Waals surface area (Å²) in [6, 6.07) is 16.2. The fraction of sp³-hybridized carbons (Fsp3) is 0.158. The molecule has 118 valence electrons. The number of benzene rings is 2. The fourth-order valence-corrected chi connectivity index (χ4v) is 2.59. The number of nitrogens with one attached hydrogen (secondary N) is 1. The Bertz CT molecular complexity index is 846. The molecule has 0 saturated heterocycles. The monoisotopic (exact) mass is 326 g/mol. The van der Waals surface area contributed by atoms with Crippen LogP contribution in [0.15, 0.2) is 60.9 Å². The van der Waals surface area contributed by atoms with Gasteiger partial charge in [0.15, 0.2) is 12.4 Å². The number of halogens is 1. The largest absolute Gasteiger partial charge is 1.00 e. The SMILES string of the molecule is Cc1ccc(NC(=O)C[n+]2ccc3ccccc3c2)c(C)c1.[Cl-]. The first-order valence-corrected chi connectivity index (χ1v) is 7.37. The average molecular weight is 327 g/mol. The Labute approximate surface area is 142 Å². The molecule has 0 aliphatic heterocycles. The van der Waals surface area contributed by atoms with Crippen LogP contribution in [-0.4, -0.2) is 5.91 Å². The molecule has 1 aromatic heterocycles. The number of aryl methyl sites for hydroxylation is 2. The number of nitrogens with zero attached hydrogens (tertiary/aromatic N) is 1. The predicted octanol–water partition coefficient (Wildman–Crippen LogP) is 0.387. The van der Waals surface area contributed by atoms with E-state index in [2.05, 4.69) is 17.4 Å². The van der Waals surface area contributed by atoms with E-state index in [1.165, 1.54) is 10.9 Å². The van der Waals surface area contributed by atoms with Crippen molar-refractivity contribution in [3.63, 3.8) is 0 Å². The zero-order valence-electron chi connectivity index (χ0n) is 13.2. The van der Waals surface area contributed by atoms with Crippen molar-refractivity contribution in [1.82, 2.24) is 0 Å². The van der Waals surface area contributed by atoms with Crippen LogP contribution in [0.5, 0.6) is 0 Å². The van der Waals surface area contributed by atoms with Crippen molar-refractivity contribution >= 4 is 22.4 Å². The van der Waals surface area contributed by atoms with Gasteiger partial charge in [0.05, 0.1) is 0 Å². The van der Waals surface area contributed by atoms with E-state index in [1.807, 2.05) is 67.2 Å². The molecular weight excluding hydrogens is 308 g/mol. The van der Waals surface area contributed by atoms with E-state index in [-0.39, 0.29) is 18.3 Å². The standard InChI is InChI=1S/C19H18N2O.ClH/c1-14-7-8-18(15(2)11-14)20-19(22)13-21-10-9-16-5-3-4-6-17(16)12-21;/h3-12H,13H2,1-2H3;1H. The van der Waals surface area contributed by atoms with Gasteiger partial charge in [0.1, 0.15) is 0 Å². The van der Waals surface area contributed by atoms with E-state index in [1.54, 1.807) is 0 Å². The highest BCUT2D eigenvalue weighted by atomic mass is 35.5. The lowest BCUT2D eigenvalue weighted by molar-refractivity contribution is -0.682. The summed E-state index contributed by atoms with van der Waals surface area (Å²) in [4.78, 5) is 12.2. The van der Waals surface area contributed by atoms with Gasteiger partial charge in [-0.25, -0.2) is 0 Å². The van der Waals surface area contributed by atoms with Crippen LogP contribution in [0.3, 0.4) is 0 Å². The van der Waals surface area contributed by atoms with Crippen LogP contribution in [0.1, 0.15) is 11.1 Å². The zero-order valence-corrected chi connectivity index (χ0v) is 14.0. The third-order valence-corrected chi connectivity index (χ3v) is 3.73. The molecule has 0 fully saturated rings. The Morgan fingerprint density at radius 2 is 1.78 bits per heavy atom. The lowest BCUT2D eigenvalue weighted by Crippen LogP contribution is -3.00. The van der Waals surface area contributed by atoms with Crippen molar-refractivity contribution in [2.45, 2.75) is 20.4 Å². The van der Waals surface area contributed by atoms with E-state index >= 15 is 0 Å². The molecule has 0 unspecified atom stereocenters. The number of pyridine rings is 1. The number of fused-ring (bicyclic) bond motifs is 1. The molecule has 0 spiro atoms. The summed E-state index contributed by atoms with van der Waals surface area (Å²) in [6.45, 7) is 4.35. The van der Waals surface area contributed by atoms with Crippen molar-refractivity contribution in [3.8, 4) is 0 Å². The van der Waals surface area contributed by atoms with Crippen molar-refractivity contribution in [2.75, 3.05) is 5.32 Å². The molecule has 0 atom stereocenters. The molecule has 0 radical (unpaired) electrons. The molecule has 0 aliphatic rings. The molecule has 4 heteroatoms. The van der Waals surface area contributed by atoms with Crippen LogP contribution in [0.4, 0.5) is 5.69 Å². The third kappa shape index (κ3) is 4.08. The smallest absolute Gasteiger partial charge is 0.290 e. The number of carbonyl (C=O) groups is 1. The van der Waals surface area contributed by atoms with Gasteiger partial charge in [0, 0.05) is 17.1 Å². The van der Waals surface area contributed by atoms with Gasteiger partial charge in [-0.3, -0.25) is 4.79 Å². The van der Waals surface area contributed by atoms with Gasteiger partial charge < -0.3 is 17.7 Å². The van der Waals surface area contributed by atoms with Crippen LogP contribution < -0.4 is 22.3 Å². The van der Waals surface area contributed by atoms with Gasteiger partial charge in [-0.05, 0) is 36.9 Å². The molecule has 0 saturated carbocycles. The highest BCUT2D eigenvalue weighted by Crippen LogP contribution is 2.15. The second-order valence-corrected chi connectivity index (χ2v) is 5.61. The molecule has 3 aromatic rings. The molecule has 23 heavy (non-hydrogen) atoms. The Balaban J connectivity index is 0.00000192. The second kappa shape index (κ2) is 7.25. The first kappa shape index (κ1) is 17.0. The lowest BCUT2D eigenvalue weighted by atomic mass is 10.1. The maximum Gasteiger partial charge on any atom is 0.290 e. The summed E-state index contributed by atoms with van der Waals surface area (Å²) >= 11 is 0. The predicted molar refractivity (Wildman–Crippen MR) is 88.7 cm³/mol. The van der Waals surface area contributed by atoms with Gasteiger partial charge in [0.25, 0.3) is 5.91 Å². The Morgan fingerprint density at radius 3 is 2.52 bits per heavy atom. The van der Waals surface area contributed by atoms with Crippen LogP contribution >= 0.6 is 0 Å². The average Bonchev–Trinajstić information content (AvgIpc) is 2.50. The number of hydrogen-bond acceptors (Lipinski definition) is 1. The van der Waals surface area contributed by atoms with E-state index in [0.29, 0.717) is 6.54 Å². The normalized spacial score (nSPS) is 10.2. The maximum absolute atomic E-state index is 12.2. The second-order valence-electron chi connectivity index (χ2n) is 5.61. The van der Waals surface area contributed by atoms with E-state index < -0.39 is 0 Å². The minimum absolute atomic E-state index is 0. The summed E-state index contributed by atoms with van der Waals surface area (Å²) in [5, 5.41) is 5.28. The van der Waals surface area contributed by atoms with Crippen molar-refractivity contribution in [2.24, 2.45) is 0 Å². The summed E-state index contributed by atoms with van der Waals surface area (Å²) < 4.78 is 1.90. The number of rotatable bonds is 3. The quantitative estimate of drug-likeness (QED) is 0.694. The van der Waals surface area contributed by atoms with Crippen molar-refractivity contribution < 1.29 is 21.8 Å². The molecule has 2 aromatic carbocycles. The molecule has 0 bridgehead atoms. The van der Waals surface area contributed by atoms with Crippen LogP contribution in [0.2, 0.25) is 0 Å². The third-order valence-electron chi connectivity index (χ3n) is 3.73. The number of carbonyl (C=O) groups excluding carboxylic acids is 1. The highest BCUT2D eigenvalue weighted by molar-refractivity contribution is 5.90. The Kier molecular flexibility index (Phi) is 5.35. The van der Waals surface area contributed by atoms with Crippen LogP contribution in [0, 0.1) is 13.8 Å². The van der Waals surface area contributed by atoms with Crippen LogP contribution in [0.25, 0.3) is 10.8 Å². The molecule has 3 nitrogen and oxygen atoms in total. The number of aromatic nitrogens is 1. The van der Waals surface area contributed by atoms with Crippen molar-refractivity contribution in [3.05, 3.63) is 72.1 Å². The number of anilines is 1. The van der Waals surface area contributed by atoms with Gasteiger partial charge in [0.2, 0.25) is 6.54 Å². The Hall–Kier alpha value is -2.39. The minimum atomic E-state index is -0.0211. The molecule has 3 rings (SSSR count). The summed E-state index contributed by atoms with van der Waals surface area (Å²) in [6.07, 6.45) is 3.93. The lowest BCUT2D eigenvalue weighted by Gasteiger charge is -2.07. The first-order valence-electron chi connectivity index (χ1n) is 7.37. The molecule has 0 aliphatic carbocycles. The molecular formula is C19H19ClN2O. The molecule has 1 N–H and O–H groups in total. The number of hydrogen-bond donors (Lipinski definition) is 1. The first-order chi connectivity index (χ1) is 10.6. The van der Waals surface area contributed by atoms with Crippen LogP contribution in [-0.2, 0) is 11.3 Å². The zero-order chi connectivity index (χ0) is 15.5. The van der Waals surface area contributed by atoms with Gasteiger partial charge in [-0.1, -0.05) is 35.9 Å². The summed E-state index contributed by atoms with van der Waals surface area (Å²) in [5.74, 6) is -0.0211. The van der Waals surface area contributed by atoms with Crippen molar-refractivity contribution in [1.29, 1.82) is 0 Å². The minimum Gasteiger partial charge on any atom is -1.00 e. The Morgan fingerprint density at radius 1 is 1.04 bits per heavy atom. The van der Waals surface area contributed by atoms with Gasteiger partial charge in [-0.15, -0.1) is 0 Å². The van der Waals surface area contributed by atoms with E-state index in [4.69, 9.17) is 0 Å². The van der Waals surface area contributed by atoms with E-state index in [9.17, 15) is 4.79 Å². The number of amides is 1. The highest BCUT2D eigenvalue weighted by Gasteiger charge is 2.11. The molecule has 1 amide bonds. The molecule has 1 heterocycles. The van der Waals surface area contributed by atoms with Gasteiger partial charge >= 0.3 is 0 Å². The van der Waals surface area contributed by atoms with Gasteiger partial charge in [-0.2, -0.15) is 4.57 Å². The fourth-order valence-electron chi connectivity index (χ4n) is 2.59. The topological polar surface area (TPSA) is 33.0 Å². The maximum atomic E-state index is 12.2. The summed E-state index contributed by atoms with van der Waals surface area (Å²) in [5.41, 5.74) is 3.15. The summed E-state index contributed by atoms with van der Waals surface area (Å²) in [7, 11) is 0. The van der Waals surface area contributed by atoms with E-state index in [0.717, 1.165) is 16.6 Å².